The minimum absolute atomic E-state index is 0.0413. The number of aliphatic hydroxyl groups is 1. The van der Waals surface area contributed by atoms with Crippen LogP contribution < -0.4 is 0 Å². The number of aromatic nitrogens is 2. The van der Waals surface area contributed by atoms with Gasteiger partial charge in [0.05, 0.1) is 4.92 Å². The average Bonchev–Trinajstić information content (AvgIpc) is 2.17. The van der Waals surface area contributed by atoms with E-state index in [0.29, 0.717) is 12.2 Å². The van der Waals surface area contributed by atoms with Gasteiger partial charge in [-0.1, -0.05) is 23.4 Å². The van der Waals surface area contributed by atoms with E-state index < -0.39 is 4.92 Å². The minimum Gasteiger partial charge on any atom is -0.396 e. The molecule has 6 nitrogen and oxygen atoms in total. The SMILES string of the molecule is O=[N+]([O-])c1c(Cl)ncnc1SCCCO. The number of halogens is 1. The van der Waals surface area contributed by atoms with Crippen molar-refractivity contribution >= 4 is 29.1 Å². The fraction of sp³-hybridized carbons (Fsp3) is 0.429. The van der Waals surface area contributed by atoms with Crippen LogP contribution in [0.1, 0.15) is 6.42 Å². The normalized spacial score (nSPS) is 10.3. The standard InChI is InChI=1S/C7H8ClN3O3S/c8-6-5(11(13)14)7(10-4-9-6)15-3-1-2-12/h4,12H,1-3H2. The molecule has 0 saturated heterocycles. The van der Waals surface area contributed by atoms with E-state index in [-0.39, 0.29) is 22.5 Å². The van der Waals surface area contributed by atoms with E-state index in [9.17, 15) is 10.1 Å². The second-order valence-electron chi connectivity index (χ2n) is 2.50. The molecule has 0 aliphatic carbocycles. The van der Waals surface area contributed by atoms with Crippen LogP contribution >= 0.6 is 23.4 Å². The van der Waals surface area contributed by atoms with E-state index in [2.05, 4.69) is 9.97 Å². The Kier molecular flexibility index (Phi) is 4.73. The van der Waals surface area contributed by atoms with Crippen molar-refractivity contribution in [1.29, 1.82) is 0 Å². The molecule has 0 aliphatic heterocycles. The highest BCUT2D eigenvalue weighted by molar-refractivity contribution is 7.99. The van der Waals surface area contributed by atoms with Crippen LogP contribution in [-0.2, 0) is 0 Å². The van der Waals surface area contributed by atoms with Gasteiger partial charge in [-0.05, 0) is 6.42 Å². The van der Waals surface area contributed by atoms with Crippen LogP contribution in [-0.4, -0.2) is 32.4 Å². The molecular weight excluding hydrogens is 242 g/mol. The molecule has 0 unspecified atom stereocenters. The molecule has 8 heteroatoms. The Morgan fingerprint density at radius 2 is 2.33 bits per heavy atom. The summed E-state index contributed by atoms with van der Waals surface area (Å²) in [4.78, 5) is 17.4. The quantitative estimate of drug-likeness (QED) is 0.280. The van der Waals surface area contributed by atoms with Gasteiger partial charge in [0.15, 0.2) is 5.03 Å². The van der Waals surface area contributed by atoms with Crippen LogP contribution in [0.5, 0.6) is 0 Å². The summed E-state index contributed by atoms with van der Waals surface area (Å²) in [6, 6.07) is 0. The lowest BCUT2D eigenvalue weighted by atomic mass is 10.5. The minimum atomic E-state index is -0.608. The van der Waals surface area contributed by atoms with Gasteiger partial charge in [0.25, 0.3) is 0 Å². The van der Waals surface area contributed by atoms with Gasteiger partial charge in [-0.2, -0.15) is 0 Å². The van der Waals surface area contributed by atoms with Gasteiger partial charge in [-0.25, -0.2) is 9.97 Å². The summed E-state index contributed by atoms with van der Waals surface area (Å²) in [7, 11) is 0. The van der Waals surface area contributed by atoms with E-state index in [0.717, 1.165) is 0 Å². The number of rotatable bonds is 5. The van der Waals surface area contributed by atoms with Gasteiger partial charge in [0.2, 0.25) is 5.15 Å². The number of hydrogen-bond acceptors (Lipinski definition) is 6. The summed E-state index contributed by atoms with van der Waals surface area (Å²) in [5, 5.41) is 19.3. The van der Waals surface area contributed by atoms with E-state index in [1.165, 1.54) is 18.1 Å². The fourth-order valence-electron chi connectivity index (χ4n) is 0.835. The fourth-order valence-corrected chi connectivity index (χ4v) is 1.99. The third kappa shape index (κ3) is 3.29. The number of nitrogens with zero attached hydrogens (tertiary/aromatic N) is 3. The van der Waals surface area contributed by atoms with Crippen LogP contribution in [0.3, 0.4) is 0 Å². The van der Waals surface area contributed by atoms with Crippen molar-refractivity contribution in [3.8, 4) is 0 Å². The molecule has 82 valence electrons. The Bertz CT molecular complexity index is 363. The first-order valence-electron chi connectivity index (χ1n) is 4.05. The zero-order chi connectivity index (χ0) is 11.3. The topological polar surface area (TPSA) is 89.2 Å². The van der Waals surface area contributed by atoms with Crippen LogP contribution in [0.25, 0.3) is 0 Å². The monoisotopic (exact) mass is 249 g/mol. The predicted molar refractivity (Wildman–Crippen MR) is 56.1 cm³/mol. The lowest BCUT2D eigenvalue weighted by Crippen LogP contribution is -1.97. The Hall–Kier alpha value is -0.920. The molecule has 0 aliphatic rings. The molecule has 1 rings (SSSR count). The third-order valence-electron chi connectivity index (χ3n) is 1.47. The predicted octanol–water partition coefficient (Wildman–Crippen LogP) is 1.51. The summed E-state index contributed by atoms with van der Waals surface area (Å²) in [6.07, 6.45) is 1.72. The van der Waals surface area contributed by atoms with Gasteiger partial charge in [-0.3, -0.25) is 10.1 Å². The summed E-state index contributed by atoms with van der Waals surface area (Å²) in [5.74, 6) is 0.546. The molecule has 0 atom stereocenters. The maximum Gasteiger partial charge on any atom is 0.338 e. The Labute approximate surface area is 94.8 Å². The summed E-state index contributed by atoms with van der Waals surface area (Å²) in [5.41, 5.74) is -0.276. The summed E-state index contributed by atoms with van der Waals surface area (Å²) in [6.45, 7) is 0.0413. The van der Waals surface area contributed by atoms with Crippen molar-refractivity contribution in [2.24, 2.45) is 0 Å². The zero-order valence-electron chi connectivity index (χ0n) is 7.59. The number of aliphatic hydroxyl groups excluding tert-OH is 1. The van der Waals surface area contributed by atoms with Crippen molar-refractivity contribution in [3.63, 3.8) is 0 Å². The van der Waals surface area contributed by atoms with Gasteiger partial charge < -0.3 is 5.11 Å². The molecule has 1 heterocycles. The molecule has 0 aromatic carbocycles. The van der Waals surface area contributed by atoms with Crippen LogP contribution in [0.2, 0.25) is 5.15 Å². The summed E-state index contributed by atoms with van der Waals surface area (Å²) < 4.78 is 0. The first kappa shape index (κ1) is 12.2. The molecule has 0 bridgehead atoms. The van der Waals surface area contributed by atoms with E-state index >= 15 is 0 Å². The second kappa shape index (κ2) is 5.84. The van der Waals surface area contributed by atoms with Crippen molar-refractivity contribution in [2.75, 3.05) is 12.4 Å². The van der Waals surface area contributed by atoms with Crippen LogP contribution in [0, 0.1) is 10.1 Å². The Morgan fingerprint density at radius 3 is 2.93 bits per heavy atom. The Morgan fingerprint density at radius 1 is 1.60 bits per heavy atom. The van der Waals surface area contributed by atoms with Gasteiger partial charge in [0.1, 0.15) is 6.33 Å². The molecule has 0 radical (unpaired) electrons. The molecule has 1 aromatic rings. The van der Waals surface area contributed by atoms with Gasteiger partial charge in [0, 0.05) is 12.4 Å². The molecule has 0 fully saturated rings. The Balaban J connectivity index is 2.86. The molecule has 15 heavy (non-hydrogen) atoms. The maximum absolute atomic E-state index is 10.7. The number of nitro groups is 1. The highest BCUT2D eigenvalue weighted by Gasteiger charge is 2.21. The van der Waals surface area contributed by atoms with E-state index in [1.54, 1.807) is 0 Å². The smallest absolute Gasteiger partial charge is 0.338 e. The zero-order valence-corrected chi connectivity index (χ0v) is 9.16. The molecule has 0 amide bonds. The van der Waals surface area contributed by atoms with Gasteiger partial charge in [-0.15, -0.1) is 0 Å². The van der Waals surface area contributed by atoms with Gasteiger partial charge >= 0.3 is 5.69 Å². The third-order valence-corrected chi connectivity index (χ3v) is 2.81. The number of hydrogen-bond donors (Lipinski definition) is 1. The van der Waals surface area contributed by atoms with Crippen molar-refractivity contribution < 1.29 is 10.0 Å². The first-order valence-corrected chi connectivity index (χ1v) is 5.41. The largest absolute Gasteiger partial charge is 0.396 e. The van der Waals surface area contributed by atoms with Crippen molar-refractivity contribution in [2.45, 2.75) is 11.4 Å². The van der Waals surface area contributed by atoms with Crippen LogP contribution in [0.15, 0.2) is 11.4 Å². The molecule has 0 saturated carbocycles. The molecule has 1 N–H and O–H groups in total. The lowest BCUT2D eigenvalue weighted by molar-refractivity contribution is -0.388. The van der Waals surface area contributed by atoms with E-state index in [1.807, 2.05) is 0 Å². The molecular formula is C7H8ClN3O3S. The molecule has 0 spiro atoms. The first-order chi connectivity index (χ1) is 7.16. The average molecular weight is 250 g/mol. The lowest BCUT2D eigenvalue weighted by Gasteiger charge is -2.01. The highest BCUT2D eigenvalue weighted by Crippen LogP contribution is 2.31. The van der Waals surface area contributed by atoms with Crippen molar-refractivity contribution in [3.05, 3.63) is 21.6 Å². The summed E-state index contributed by atoms with van der Waals surface area (Å²) >= 11 is 6.76. The number of thioether (sulfide) groups is 1. The van der Waals surface area contributed by atoms with Crippen molar-refractivity contribution in [1.82, 2.24) is 9.97 Å². The maximum atomic E-state index is 10.7. The van der Waals surface area contributed by atoms with Crippen LogP contribution in [0.4, 0.5) is 5.69 Å². The molecule has 1 aromatic heterocycles. The second-order valence-corrected chi connectivity index (χ2v) is 3.94. The highest BCUT2D eigenvalue weighted by atomic mass is 35.5. The van der Waals surface area contributed by atoms with E-state index in [4.69, 9.17) is 16.7 Å².